The van der Waals surface area contributed by atoms with Crippen molar-refractivity contribution in [2.24, 2.45) is 0 Å². The summed E-state index contributed by atoms with van der Waals surface area (Å²) in [6.45, 7) is 1.08. The molecule has 1 rings (SSSR count). The van der Waals surface area contributed by atoms with Gasteiger partial charge in [0, 0.05) is 11.3 Å². The van der Waals surface area contributed by atoms with Gasteiger partial charge in [-0.15, -0.1) is 0 Å². The van der Waals surface area contributed by atoms with Crippen LogP contribution in [0.15, 0.2) is 24.3 Å². The van der Waals surface area contributed by atoms with Crippen LogP contribution in [0.3, 0.4) is 0 Å². The first-order valence-corrected chi connectivity index (χ1v) is 5.48. The number of nitro groups is 1. The van der Waals surface area contributed by atoms with Gasteiger partial charge in [0.1, 0.15) is 0 Å². The molecule has 19 heavy (non-hydrogen) atoms. The van der Waals surface area contributed by atoms with Gasteiger partial charge in [-0.1, -0.05) is 29.8 Å². The van der Waals surface area contributed by atoms with Crippen LogP contribution in [0.5, 0.6) is 0 Å². The van der Waals surface area contributed by atoms with E-state index in [4.69, 9.17) is 0 Å². The summed E-state index contributed by atoms with van der Waals surface area (Å²) in [5, 5.41) is 10.5. The molecule has 4 nitrogen and oxygen atoms in total. The summed E-state index contributed by atoms with van der Waals surface area (Å²) >= 11 is 0. The molecule has 0 aliphatic carbocycles. The van der Waals surface area contributed by atoms with Crippen molar-refractivity contribution in [2.45, 2.75) is 25.4 Å². The Bertz CT molecular complexity index is 468. The van der Waals surface area contributed by atoms with Gasteiger partial charge in [-0.2, -0.15) is 13.2 Å². The Morgan fingerprint density at radius 1 is 1.32 bits per heavy atom. The SMILES string of the molecule is Cc1ccc(C(CC(=O)C(F)(F)F)C[N+](=O)[O-])cc1. The molecule has 0 bridgehead atoms. The summed E-state index contributed by atoms with van der Waals surface area (Å²) in [5.41, 5.74) is 1.24. The molecule has 0 aromatic heterocycles. The summed E-state index contributed by atoms with van der Waals surface area (Å²) in [7, 11) is 0. The minimum Gasteiger partial charge on any atom is -0.290 e. The monoisotopic (exact) mass is 275 g/mol. The first kappa shape index (κ1) is 15.1. The first-order chi connectivity index (χ1) is 8.70. The number of rotatable bonds is 5. The summed E-state index contributed by atoms with van der Waals surface area (Å²) in [6.07, 6.45) is -5.87. The lowest BCUT2D eigenvalue weighted by atomic mass is 9.93. The summed E-state index contributed by atoms with van der Waals surface area (Å²) in [5.74, 6) is -3.01. The van der Waals surface area contributed by atoms with Crippen LogP contribution in [-0.4, -0.2) is 23.4 Å². The number of aryl methyl sites for hydroxylation is 1. The number of Topliss-reactive ketones (excluding diaryl/α,β-unsaturated/α-hetero) is 1. The highest BCUT2D eigenvalue weighted by atomic mass is 19.4. The molecule has 7 heteroatoms. The number of alkyl halides is 3. The largest absolute Gasteiger partial charge is 0.449 e. The molecule has 0 saturated heterocycles. The molecule has 0 aliphatic rings. The Hall–Kier alpha value is -1.92. The molecule has 1 aromatic carbocycles. The lowest BCUT2D eigenvalue weighted by Gasteiger charge is -2.14. The molecule has 0 heterocycles. The van der Waals surface area contributed by atoms with Crippen LogP contribution in [0.4, 0.5) is 13.2 Å². The third kappa shape index (κ3) is 4.69. The van der Waals surface area contributed by atoms with Crippen LogP contribution in [0.1, 0.15) is 23.5 Å². The molecule has 1 aromatic rings. The third-order valence-corrected chi connectivity index (χ3v) is 2.67. The van der Waals surface area contributed by atoms with Crippen molar-refractivity contribution in [1.29, 1.82) is 0 Å². The fourth-order valence-corrected chi connectivity index (χ4v) is 1.65. The second-order valence-electron chi connectivity index (χ2n) is 4.25. The van der Waals surface area contributed by atoms with Crippen LogP contribution in [0, 0.1) is 17.0 Å². The van der Waals surface area contributed by atoms with Crippen LogP contribution in [0.25, 0.3) is 0 Å². The van der Waals surface area contributed by atoms with Gasteiger partial charge in [-0.3, -0.25) is 14.9 Å². The van der Waals surface area contributed by atoms with E-state index in [-0.39, 0.29) is 0 Å². The highest BCUT2D eigenvalue weighted by Crippen LogP contribution is 2.26. The van der Waals surface area contributed by atoms with Crippen molar-refractivity contribution in [2.75, 3.05) is 6.54 Å². The molecule has 0 spiro atoms. The number of benzene rings is 1. The van der Waals surface area contributed by atoms with E-state index in [0.29, 0.717) is 5.56 Å². The molecule has 104 valence electrons. The van der Waals surface area contributed by atoms with Crippen LogP contribution in [-0.2, 0) is 4.79 Å². The van der Waals surface area contributed by atoms with Crippen molar-refractivity contribution < 1.29 is 22.9 Å². The third-order valence-electron chi connectivity index (χ3n) is 2.67. The summed E-state index contributed by atoms with van der Waals surface area (Å²) < 4.78 is 36.6. The number of carbonyl (C=O) groups excluding carboxylic acids is 1. The Kier molecular flexibility index (Phi) is 4.63. The zero-order valence-electron chi connectivity index (χ0n) is 10.1. The van der Waals surface area contributed by atoms with Crippen LogP contribution < -0.4 is 0 Å². The molecule has 0 N–H and O–H groups in total. The van der Waals surface area contributed by atoms with E-state index in [0.717, 1.165) is 5.56 Å². The highest BCUT2D eigenvalue weighted by molar-refractivity contribution is 5.84. The predicted molar refractivity (Wildman–Crippen MR) is 61.5 cm³/mol. The van der Waals surface area contributed by atoms with E-state index in [1.165, 1.54) is 12.1 Å². The second-order valence-corrected chi connectivity index (χ2v) is 4.25. The standard InChI is InChI=1S/C12H12F3NO3/c1-8-2-4-9(5-3-8)10(7-16(18)19)6-11(17)12(13,14)15/h2-5,10H,6-7H2,1H3. The topological polar surface area (TPSA) is 60.2 Å². The molecular formula is C12H12F3NO3. The summed E-state index contributed by atoms with van der Waals surface area (Å²) in [4.78, 5) is 20.7. The highest BCUT2D eigenvalue weighted by Gasteiger charge is 2.40. The average Bonchev–Trinajstić information content (AvgIpc) is 2.27. The molecule has 0 amide bonds. The average molecular weight is 275 g/mol. The molecule has 0 saturated carbocycles. The van der Waals surface area contributed by atoms with Gasteiger partial charge in [0.2, 0.25) is 12.3 Å². The zero-order chi connectivity index (χ0) is 14.6. The Morgan fingerprint density at radius 2 is 1.84 bits per heavy atom. The smallest absolute Gasteiger partial charge is 0.290 e. The fraction of sp³-hybridized carbons (Fsp3) is 0.417. The molecule has 0 fully saturated rings. The van der Waals surface area contributed by atoms with E-state index in [9.17, 15) is 28.1 Å². The lowest BCUT2D eigenvalue weighted by Crippen LogP contribution is -2.27. The van der Waals surface area contributed by atoms with Gasteiger partial charge >= 0.3 is 6.18 Å². The maximum absolute atomic E-state index is 12.2. The van der Waals surface area contributed by atoms with E-state index in [1.807, 2.05) is 0 Å². The van der Waals surface area contributed by atoms with Crippen LogP contribution in [0.2, 0.25) is 0 Å². The molecule has 1 atom stereocenters. The molecule has 0 aliphatic heterocycles. The minimum absolute atomic E-state index is 0.361. The van der Waals surface area contributed by atoms with Gasteiger partial charge in [-0.05, 0) is 12.5 Å². The van der Waals surface area contributed by atoms with Crippen molar-refractivity contribution in [3.8, 4) is 0 Å². The fourth-order valence-electron chi connectivity index (χ4n) is 1.65. The normalized spacial score (nSPS) is 13.1. The van der Waals surface area contributed by atoms with Gasteiger partial charge in [0.15, 0.2) is 0 Å². The maximum atomic E-state index is 12.2. The number of ketones is 1. The number of hydrogen-bond donors (Lipinski definition) is 0. The maximum Gasteiger partial charge on any atom is 0.449 e. The molecular weight excluding hydrogens is 263 g/mol. The molecule has 0 radical (unpaired) electrons. The van der Waals surface area contributed by atoms with Crippen LogP contribution >= 0.6 is 0 Å². The second kappa shape index (κ2) is 5.81. The van der Waals surface area contributed by atoms with Crippen molar-refractivity contribution >= 4 is 5.78 Å². The van der Waals surface area contributed by atoms with E-state index in [2.05, 4.69) is 0 Å². The molecule has 1 unspecified atom stereocenters. The van der Waals surface area contributed by atoms with E-state index < -0.39 is 35.8 Å². The number of halogens is 3. The predicted octanol–water partition coefficient (Wildman–Crippen LogP) is 2.88. The number of nitrogens with zero attached hydrogens (tertiary/aromatic N) is 1. The van der Waals surface area contributed by atoms with Crippen molar-refractivity contribution in [1.82, 2.24) is 0 Å². The van der Waals surface area contributed by atoms with Crippen molar-refractivity contribution in [3.05, 3.63) is 45.5 Å². The number of hydrogen-bond acceptors (Lipinski definition) is 3. The Labute approximate surface area is 107 Å². The Morgan fingerprint density at radius 3 is 2.26 bits per heavy atom. The van der Waals surface area contributed by atoms with Gasteiger partial charge in [0.25, 0.3) is 0 Å². The number of carbonyl (C=O) groups is 1. The summed E-state index contributed by atoms with van der Waals surface area (Å²) in [6, 6.07) is 6.29. The lowest BCUT2D eigenvalue weighted by molar-refractivity contribution is -0.483. The van der Waals surface area contributed by atoms with Crippen molar-refractivity contribution in [3.63, 3.8) is 0 Å². The van der Waals surface area contributed by atoms with Gasteiger partial charge < -0.3 is 0 Å². The minimum atomic E-state index is -4.96. The quantitative estimate of drug-likeness (QED) is 0.613. The van der Waals surface area contributed by atoms with Gasteiger partial charge in [0.05, 0.1) is 5.92 Å². The van der Waals surface area contributed by atoms with E-state index in [1.54, 1.807) is 19.1 Å². The van der Waals surface area contributed by atoms with Gasteiger partial charge in [-0.25, -0.2) is 0 Å². The van der Waals surface area contributed by atoms with E-state index >= 15 is 0 Å². The zero-order valence-corrected chi connectivity index (χ0v) is 10.1. The first-order valence-electron chi connectivity index (χ1n) is 5.48. The Balaban J connectivity index is 2.92.